The largest absolute Gasteiger partial charge is 0.486 e. The van der Waals surface area contributed by atoms with Crippen molar-refractivity contribution in [2.45, 2.75) is 25.3 Å². The summed E-state index contributed by atoms with van der Waals surface area (Å²) in [6, 6.07) is 5.26. The highest BCUT2D eigenvalue weighted by atomic mass is 16.6. The van der Waals surface area contributed by atoms with E-state index < -0.39 is 0 Å². The number of benzene rings is 1. The molecular formula is C19H28N4O4. The van der Waals surface area contributed by atoms with Crippen LogP contribution in [0.3, 0.4) is 0 Å². The Labute approximate surface area is 159 Å². The lowest BCUT2D eigenvalue weighted by Gasteiger charge is -2.26. The molecule has 8 heteroatoms. The minimum atomic E-state index is -0.268. The van der Waals surface area contributed by atoms with Gasteiger partial charge in [-0.2, -0.15) is 0 Å². The average Bonchev–Trinajstić information content (AvgIpc) is 2.99. The van der Waals surface area contributed by atoms with Crippen LogP contribution in [0.2, 0.25) is 0 Å². The first-order chi connectivity index (χ1) is 13.0. The van der Waals surface area contributed by atoms with Gasteiger partial charge in [0.25, 0.3) is 0 Å². The van der Waals surface area contributed by atoms with E-state index in [1.54, 1.807) is 18.2 Å². The molecule has 1 saturated heterocycles. The van der Waals surface area contributed by atoms with E-state index >= 15 is 0 Å². The third kappa shape index (κ3) is 5.26. The van der Waals surface area contributed by atoms with Crippen LogP contribution in [0.4, 0.5) is 10.5 Å². The fourth-order valence-corrected chi connectivity index (χ4v) is 3.36. The monoisotopic (exact) mass is 376 g/mol. The average molecular weight is 376 g/mol. The van der Waals surface area contributed by atoms with Gasteiger partial charge in [0.15, 0.2) is 11.5 Å². The first kappa shape index (κ1) is 19.3. The van der Waals surface area contributed by atoms with Crippen LogP contribution in [-0.2, 0) is 4.79 Å². The molecular weight excluding hydrogens is 348 g/mol. The maximum Gasteiger partial charge on any atom is 0.319 e. The lowest BCUT2D eigenvalue weighted by Crippen LogP contribution is -2.40. The van der Waals surface area contributed by atoms with E-state index in [2.05, 4.69) is 15.5 Å². The van der Waals surface area contributed by atoms with E-state index in [0.29, 0.717) is 43.4 Å². The molecule has 0 aromatic heterocycles. The highest BCUT2D eigenvalue weighted by molar-refractivity contribution is 5.89. The van der Waals surface area contributed by atoms with Crippen LogP contribution >= 0.6 is 0 Å². The molecule has 3 rings (SSSR count). The number of urea groups is 1. The lowest BCUT2D eigenvalue weighted by atomic mass is 10.1. The first-order valence-corrected chi connectivity index (χ1v) is 9.41. The van der Waals surface area contributed by atoms with Gasteiger partial charge in [-0.05, 0) is 39.1 Å². The molecule has 148 valence electrons. The molecule has 0 unspecified atom stereocenters. The normalized spacial score (nSPS) is 18.7. The van der Waals surface area contributed by atoms with Gasteiger partial charge in [0.05, 0.1) is 0 Å². The number of hydrogen-bond donors (Lipinski definition) is 2. The molecule has 8 nitrogen and oxygen atoms in total. The summed E-state index contributed by atoms with van der Waals surface area (Å²) < 4.78 is 11.0. The predicted octanol–water partition coefficient (Wildman–Crippen LogP) is 1.52. The summed E-state index contributed by atoms with van der Waals surface area (Å²) in [5.41, 5.74) is 0.653. The minimum Gasteiger partial charge on any atom is -0.486 e. The third-order valence-electron chi connectivity index (χ3n) is 4.80. The van der Waals surface area contributed by atoms with E-state index in [0.717, 1.165) is 25.9 Å². The van der Waals surface area contributed by atoms with Crippen molar-refractivity contribution in [3.8, 4) is 11.5 Å². The van der Waals surface area contributed by atoms with Gasteiger partial charge in [-0.25, -0.2) is 4.79 Å². The number of carbonyl (C=O) groups excluding carboxylic acids is 2. The molecule has 2 heterocycles. The second-order valence-corrected chi connectivity index (χ2v) is 7.11. The summed E-state index contributed by atoms with van der Waals surface area (Å²) in [6.07, 6.45) is 2.22. The van der Waals surface area contributed by atoms with Crippen molar-refractivity contribution in [3.63, 3.8) is 0 Å². The van der Waals surface area contributed by atoms with Gasteiger partial charge in [0, 0.05) is 43.9 Å². The molecule has 0 spiro atoms. The Bertz CT molecular complexity index is 680. The van der Waals surface area contributed by atoms with Gasteiger partial charge in [-0.3, -0.25) is 4.79 Å². The molecule has 2 aliphatic heterocycles. The van der Waals surface area contributed by atoms with Gasteiger partial charge < -0.3 is 29.9 Å². The standard InChI is InChI=1S/C19H28N4O4/c1-22(2)9-10-23-15(4-6-18(23)24)7-8-20-19(25)21-14-3-5-16-17(13-14)27-12-11-26-16/h3,5,13,15H,4,6-12H2,1-2H3,(H2,20,21,25)/t15-/m1/s1. The van der Waals surface area contributed by atoms with E-state index in [9.17, 15) is 9.59 Å². The Kier molecular flexibility index (Phi) is 6.39. The van der Waals surface area contributed by atoms with Crippen LogP contribution in [0.15, 0.2) is 18.2 Å². The molecule has 1 atom stereocenters. The molecule has 0 bridgehead atoms. The number of fused-ring (bicyclic) bond motifs is 1. The van der Waals surface area contributed by atoms with E-state index in [1.165, 1.54) is 0 Å². The third-order valence-corrected chi connectivity index (χ3v) is 4.80. The molecule has 0 radical (unpaired) electrons. The number of amides is 3. The van der Waals surface area contributed by atoms with Crippen LogP contribution in [-0.4, -0.2) is 74.7 Å². The fraction of sp³-hybridized carbons (Fsp3) is 0.579. The molecule has 0 saturated carbocycles. The van der Waals surface area contributed by atoms with Gasteiger partial charge in [-0.15, -0.1) is 0 Å². The Balaban J connectivity index is 1.43. The number of likely N-dealkylation sites (N-methyl/N-ethyl adjacent to an activating group) is 1. The summed E-state index contributed by atoms with van der Waals surface area (Å²) >= 11 is 0. The molecule has 27 heavy (non-hydrogen) atoms. The number of nitrogens with zero attached hydrogens (tertiary/aromatic N) is 2. The van der Waals surface area contributed by atoms with Crippen molar-refractivity contribution in [2.75, 3.05) is 52.3 Å². The van der Waals surface area contributed by atoms with Crippen molar-refractivity contribution in [1.29, 1.82) is 0 Å². The van der Waals surface area contributed by atoms with Gasteiger partial charge >= 0.3 is 6.03 Å². The number of hydrogen-bond acceptors (Lipinski definition) is 5. The van der Waals surface area contributed by atoms with Crippen LogP contribution < -0.4 is 20.1 Å². The van der Waals surface area contributed by atoms with Gasteiger partial charge in [0.2, 0.25) is 5.91 Å². The number of likely N-dealkylation sites (tertiary alicyclic amines) is 1. The van der Waals surface area contributed by atoms with Crippen LogP contribution in [0.1, 0.15) is 19.3 Å². The van der Waals surface area contributed by atoms with Crippen LogP contribution in [0.5, 0.6) is 11.5 Å². The summed E-state index contributed by atoms with van der Waals surface area (Å²) in [6.45, 7) is 3.15. The molecule has 1 fully saturated rings. The number of nitrogens with one attached hydrogen (secondary N) is 2. The van der Waals surface area contributed by atoms with Gasteiger partial charge in [-0.1, -0.05) is 0 Å². The van der Waals surface area contributed by atoms with Crippen molar-refractivity contribution in [1.82, 2.24) is 15.1 Å². The van der Waals surface area contributed by atoms with E-state index in [-0.39, 0.29) is 18.0 Å². The number of ether oxygens (including phenoxy) is 2. The second-order valence-electron chi connectivity index (χ2n) is 7.11. The maximum atomic E-state index is 12.1. The van der Waals surface area contributed by atoms with Crippen molar-refractivity contribution >= 4 is 17.6 Å². The quantitative estimate of drug-likeness (QED) is 0.754. The first-order valence-electron chi connectivity index (χ1n) is 9.41. The second kappa shape index (κ2) is 8.94. The Morgan fingerprint density at radius 2 is 2.04 bits per heavy atom. The maximum absolute atomic E-state index is 12.1. The zero-order valence-electron chi connectivity index (χ0n) is 16.0. The summed E-state index contributed by atoms with van der Waals surface area (Å²) in [7, 11) is 4.00. The van der Waals surface area contributed by atoms with E-state index in [1.807, 2.05) is 19.0 Å². The molecule has 1 aromatic carbocycles. The summed E-state index contributed by atoms with van der Waals surface area (Å²) in [5.74, 6) is 1.54. The Morgan fingerprint density at radius 3 is 2.81 bits per heavy atom. The number of anilines is 1. The number of carbonyl (C=O) groups is 2. The smallest absolute Gasteiger partial charge is 0.319 e. The zero-order valence-corrected chi connectivity index (χ0v) is 16.0. The zero-order chi connectivity index (χ0) is 19.2. The Hall–Kier alpha value is -2.48. The van der Waals surface area contributed by atoms with E-state index in [4.69, 9.17) is 9.47 Å². The fourth-order valence-electron chi connectivity index (χ4n) is 3.36. The molecule has 3 amide bonds. The highest BCUT2D eigenvalue weighted by Crippen LogP contribution is 2.32. The van der Waals surface area contributed by atoms with Crippen LogP contribution in [0.25, 0.3) is 0 Å². The number of rotatable bonds is 7. The van der Waals surface area contributed by atoms with Crippen molar-refractivity contribution in [2.24, 2.45) is 0 Å². The summed E-state index contributed by atoms with van der Waals surface area (Å²) in [5, 5.41) is 5.67. The van der Waals surface area contributed by atoms with Crippen LogP contribution in [0, 0.1) is 0 Å². The predicted molar refractivity (Wildman–Crippen MR) is 102 cm³/mol. The SMILES string of the molecule is CN(C)CCN1C(=O)CC[C@@H]1CCNC(=O)Nc1ccc2c(c1)OCCO2. The topological polar surface area (TPSA) is 83.1 Å². The van der Waals surface area contributed by atoms with Gasteiger partial charge in [0.1, 0.15) is 13.2 Å². The lowest BCUT2D eigenvalue weighted by molar-refractivity contribution is -0.129. The minimum absolute atomic E-state index is 0.201. The van der Waals surface area contributed by atoms with Crippen molar-refractivity contribution in [3.05, 3.63) is 18.2 Å². The molecule has 2 aliphatic rings. The highest BCUT2D eigenvalue weighted by Gasteiger charge is 2.30. The van der Waals surface area contributed by atoms with Crippen molar-refractivity contribution < 1.29 is 19.1 Å². The summed E-state index contributed by atoms with van der Waals surface area (Å²) in [4.78, 5) is 28.2. The molecule has 1 aromatic rings. The molecule has 2 N–H and O–H groups in total. The Morgan fingerprint density at radius 1 is 1.26 bits per heavy atom. The molecule has 0 aliphatic carbocycles.